The first-order chi connectivity index (χ1) is 8.74. The predicted octanol–water partition coefficient (Wildman–Crippen LogP) is 1.84. The minimum atomic E-state index is -1.19. The molecule has 6 heteroatoms. The summed E-state index contributed by atoms with van der Waals surface area (Å²) in [4.78, 5) is 17.6. The molecule has 2 N–H and O–H groups in total. The molecule has 6 nitrogen and oxygen atoms in total. The summed E-state index contributed by atoms with van der Waals surface area (Å²) in [7, 11) is 0. The fourth-order valence-electron chi connectivity index (χ4n) is 1.85. The second kappa shape index (κ2) is 3.99. The number of aromatic amines is 1. The number of carboxylic acids is 1. The number of carboxylic acid groups (broad SMARTS) is 1. The molecule has 0 atom stereocenters. The highest BCUT2D eigenvalue weighted by atomic mass is 16.5. The van der Waals surface area contributed by atoms with Crippen LogP contribution in [0.4, 0.5) is 0 Å². The minimum Gasteiger partial charge on any atom is -0.475 e. The van der Waals surface area contributed by atoms with Crippen LogP contribution in [0.25, 0.3) is 10.9 Å². The summed E-state index contributed by atoms with van der Waals surface area (Å²) in [5.74, 6) is -1.22. The van der Waals surface area contributed by atoms with Crippen molar-refractivity contribution in [2.24, 2.45) is 0 Å². The zero-order valence-corrected chi connectivity index (χ0v) is 9.25. The Morgan fingerprint density at radius 3 is 3.00 bits per heavy atom. The van der Waals surface area contributed by atoms with E-state index in [9.17, 15) is 4.79 Å². The molecule has 0 bridgehead atoms. The van der Waals surface area contributed by atoms with E-state index in [4.69, 9.17) is 9.63 Å². The molecule has 2 aromatic heterocycles. The van der Waals surface area contributed by atoms with E-state index >= 15 is 0 Å². The standard InChI is InChI=1S/C12H9N3O3/c16-12(17)11-14-10(18-15-11)5-7-6-13-9-4-2-1-3-8(7)9/h1-4,6,13H,5H2,(H,16,17). The number of rotatable bonds is 3. The van der Waals surface area contributed by atoms with Crippen LogP contribution in [-0.4, -0.2) is 26.2 Å². The van der Waals surface area contributed by atoms with Gasteiger partial charge in [-0.25, -0.2) is 4.79 Å². The molecule has 0 aliphatic heterocycles. The molecule has 3 rings (SSSR count). The summed E-state index contributed by atoms with van der Waals surface area (Å²) in [6, 6.07) is 7.83. The molecule has 0 unspecified atom stereocenters. The van der Waals surface area contributed by atoms with Crippen LogP contribution in [0, 0.1) is 0 Å². The number of nitrogens with one attached hydrogen (secondary N) is 1. The van der Waals surface area contributed by atoms with Crippen molar-refractivity contribution in [3.8, 4) is 0 Å². The molecule has 0 saturated heterocycles. The summed E-state index contributed by atoms with van der Waals surface area (Å²) in [6.45, 7) is 0. The van der Waals surface area contributed by atoms with Gasteiger partial charge in [-0.15, -0.1) is 0 Å². The number of aromatic nitrogens is 3. The number of para-hydroxylation sites is 1. The average molecular weight is 243 g/mol. The lowest BCUT2D eigenvalue weighted by Crippen LogP contribution is -1.98. The Hall–Kier alpha value is -2.63. The van der Waals surface area contributed by atoms with Crippen molar-refractivity contribution in [1.29, 1.82) is 0 Å². The van der Waals surface area contributed by atoms with Gasteiger partial charge >= 0.3 is 5.97 Å². The Morgan fingerprint density at radius 2 is 2.22 bits per heavy atom. The molecule has 1 aromatic carbocycles. The highest BCUT2D eigenvalue weighted by Gasteiger charge is 2.14. The Balaban J connectivity index is 1.93. The van der Waals surface area contributed by atoms with Crippen LogP contribution in [0.3, 0.4) is 0 Å². The normalized spacial score (nSPS) is 10.9. The van der Waals surface area contributed by atoms with Gasteiger partial charge in [0.1, 0.15) is 0 Å². The van der Waals surface area contributed by atoms with Crippen LogP contribution in [0.1, 0.15) is 22.1 Å². The van der Waals surface area contributed by atoms with Gasteiger partial charge in [0.2, 0.25) is 5.89 Å². The van der Waals surface area contributed by atoms with Crippen molar-refractivity contribution in [3.63, 3.8) is 0 Å². The summed E-state index contributed by atoms with van der Waals surface area (Å²) in [5, 5.41) is 13.1. The van der Waals surface area contributed by atoms with Crippen molar-refractivity contribution in [2.75, 3.05) is 0 Å². The van der Waals surface area contributed by atoms with Gasteiger partial charge in [-0.3, -0.25) is 0 Å². The van der Waals surface area contributed by atoms with Crippen molar-refractivity contribution >= 4 is 16.9 Å². The Morgan fingerprint density at radius 1 is 1.39 bits per heavy atom. The molecule has 18 heavy (non-hydrogen) atoms. The van der Waals surface area contributed by atoms with Crippen molar-refractivity contribution < 1.29 is 14.4 Å². The molecule has 0 aliphatic rings. The molecule has 0 aliphatic carbocycles. The quantitative estimate of drug-likeness (QED) is 0.732. The highest BCUT2D eigenvalue weighted by molar-refractivity contribution is 5.84. The van der Waals surface area contributed by atoms with Crippen LogP contribution in [-0.2, 0) is 6.42 Å². The molecular formula is C12H9N3O3. The maximum Gasteiger partial charge on any atom is 0.377 e. The number of hydrogen-bond donors (Lipinski definition) is 2. The third-order valence-electron chi connectivity index (χ3n) is 2.68. The maximum atomic E-state index is 10.6. The van der Waals surface area contributed by atoms with Crippen LogP contribution < -0.4 is 0 Å². The number of nitrogens with zero attached hydrogens (tertiary/aromatic N) is 2. The van der Waals surface area contributed by atoms with Gasteiger partial charge in [-0.1, -0.05) is 18.2 Å². The largest absolute Gasteiger partial charge is 0.475 e. The van der Waals surface area contributed by atoms with Crippen LogP contribution in [0.5, 0.6) is 0 Å². The van der Waals surface area contributed by atoms with E-state index in [1.165, 1.54) is 0 Å². The number of H-pyrrole nitrogens is 1. The fraction of sp³-hybridized carbons (Fsp3) is 0.0833. The van der Waals surface area contributed by atoms with Gasteiger partial charge in [-0.05, 0) is 16.8 Å². The van der Waals surface area contributed by atoms with E-state index in [2.05, 4.69) is 15.1 Å². The van der Waals surface area contributed by atoms with Gasteiger partial charge in [0, 0.05) is 17.1 Å². The van der Waals surface area contributed by atoms with Crippen LogP contribution in [0.15, 0.2) is 35.0 Å². The number of hydrogen-bond acceptors (Lipinski definition) is 4. The van der Waals surface area contributed by atoms with E-state index in [1.54, 1.807) is 0 Å². The molecule has 90 valence electrons. The van der Waals surface area contributed by atoms with Crippen LogP contribution in [0.2, 0.25) is 0 Å². The molecule has 3 aromatic rings. The van der Waals surface area contributed by atoms with Gasteiger partial charge < -0.3 is 14.6 Å². The number of aromatic carboxylic acids is 1. The minimum absolute atomic E-state index is 0.289. The molecule has 0 saturated carbocycles. The van der Waals surface area contributed by atoms with Crippen molar-refractivity contribution in [3.05, 3.63) is 47.7 Å². The first kappa shape index (κ1) is 10.5. The average Bonchev–Trinajstić information content (AvgIpc) is 2.98. The second-order valence-corrected chi connectivity index (χ2v) is 3.85. The zero-order chi connectivity index (χ0) is 12.5. The van der Waals surface area contributed by atoms with Gasteiger partial charge in [0.05, 0.1) is 6.42 Å². The molecule has 0 radical (unpaired) electrons. The Labute approximate surface area is 101 Å². The highest BCUT2D eigenvalue weighted by Crippen LogP contribution is 2.20. The van der Waals surface area contributed by atoms with Gasteiger partial charge in [-0.2, -0.15) is 4.98 Å². The lowest BCUT2D eigenvalue weighted by atomic mass is 10.1. The third kappa shape index (κ3) is 1.73. The van der Waals surface area contributed by atoms with E-state index in [0.717, 1.165) is 16.5 Å². The van der Waals surface area contributed by atoms with E-state index in [-0.39, 0.29) is 11.7 Å². The Kier molecular flexibility index (Phi) is 2.33. The lowest BCUT2D eigenvalue weighted by molar-refractivity contribution is 0.0680. The topological polar surface area (TPSA) is 92.0 Å². The number of carbonyl (C=O) groups is 1. The molecule has 2 heterocycles. The maximum absolute atomic E-state index is 10.6. The second-order valence-electron chi connectivity index (χ2n) is 3.85. The number of fused-ring (bicyclic) bond motifs is 1. The zero-order valence-electron chi connectivity index (χ0n) is 9.25. The lowest BCUT2D eigenvalue weighted by Gasteiger charge is -1.93. The summed E-state index contributed by atoms with van der Waals surface area (Å²) in [5.41, 5.74) is 2.01. The molecule has 0 spiro atoms. The van der Waals surface area contributed by atoms with E-state index in [1.807, 2.05) is 30.5 Å². The van der Waals surface area contributed by atoms with Gasteiger partial charge in [0.25, 0.3) is 5.82 Å². The molecular weight excluding hydrogens is 234 g/mol. The fourth-order valence-corrected chi connectivity index (χ4v) is 1.85. The van der Waals surface area contributed by atoms with Crippen molar-refractivity contribution in [1.82, 2.24) is 15.1 Å². The molecule has 0 fully saturated rings. The monoisotopic (exact) mass is 243 g/mol. The molecule has 0 amide bonds. The van der Waals surface area contributed by atoms with Crippen molar-refractivity contribution in [2.45, 2.75) is 6.42 Å². The van der Waals surface area contributed by atoms with E-state index < -0.39 is 5.97 Å². The predicted molar refractivity (Wildman–Crippen MR) is 62.4 cm³/mol. The Bertz CT molecular complexity index is 714. The third-order valence-corrected chi connectivity index (χ3v) is 2.68. The SMILES string of the molecule is O=C(O)c1noc(Cc2c[nH]c3ccccc23)n1. The summed E-state index contributed by atoms with van der Waals surface area (Å²) in [6.07, 6.45) is 2.26. The van der Waals surface area contributed by atoms with Gasteiger partial charge in [0.15, 0.2) is 0 Å². The smallest absolute Gasteiger partial charge is 0.377 e. The summed E-state index contributed by atoms with van der Waals surface area (Å²) >= 11 is 0. The van der Waals surface area contributed by atoms with Crippen LogP contribution >= 0.6 is 0 Å². The van der Waals surface area contributed by atoms with E-state index in [0.29, 0.717) is 6.42 Å². The number of benzene rings is 1. The first-order valence-corrected chi connectivity index (χ1v) is 5.35. The summed E-state index contributed by atoms with van der Waals surface area (Å²) < 4.78 is 4.89. The first-order valence-electron chi connectivity index (χ1n) is 5.35.